The lowest BCUT2D eigenvalue weighted by Gasteiger charge is -2.19. The molecule has 0 bridgehead atoms. The molecule has 0 amide bonds. The Hall–Kier alpha value is -2.85. The van der Waals surface area contributed by atoms with Crippen molar-refractivity contribution >= 4 is 0 Å². The Morgan fingerprint density at radius 1 is 0.958 bits per heavy atom. The smallest absolute Gasteiger partial charge is 0.227 e. The van der Waals surface area contributed by atoms with Crippen molar-refractivity contribution in [3.05, 3.63) is 100 Å². The molecule has 0 aliphatic rings. The maximum Gasteiger partial charge on any atom is 0.227 e. The molecule has 0 saturated heterocycles. The molecule has 4 heteroatoms. The van der Waals surface area contributed by atoms with E-state index >= 15 is 0 Å². The van der Waals surface area contributed by atoms with E-state index in [1.165, 1.54) is 12.3 Å². The molecule has 3 rings (SSSR count). The maximum absolute atomic E-state index is 12.2. The van der Waals surface area contributed by atoms with E-state index in [0.29, 0.717) is 12.2 Å². The molecule has 0 aliphatic heterocycles. The summed E-state index contributed by atoms with van der Waals surface area (Å²) in [5.41, 5.74) is 1.63. The van der Waals surface area contributed by atoms with Gasteiger partial charge in [0.1, 0.15) is 18.1 Å². The summed E-state index contributed by atoms with van der Waals surface area (Å²) in [5.74, 6) is 0.584. The van der Waals surface area contributed by atoms with E-state index in [0.717, 1.165) is 11.1 Å². The molecule has 0 aliphatic carbocycles. The van der Waals surface area contributed by atoms with Crippen LogP contribution in [0.3, 0.4) is 0 Å². The standard InChI is InChI=1S/C20H18O4/c21-12-11-17-13-18(22)19(14-23-17)24-20(15-7-3-1-4-8-15)16-9-5-2-6-10-16/h1-10,13-14,20-21H,11-12H2. The molecule has 24 heavy (non-hydrogen) atoms. The van der Waals surface area contributed by atoms with Crippen LogP contribution in [0.5, 0.6) is 5.75 Å². The highest BCUT2D eigenvalue weighted by Gasteiger charge is 2.17. The maximum atomic E-state index is 12.2. The number of hydrogen-bond donors (Lipinski definition) is 1. The molecule has 0 unspecified atom stereocenters. The van der Waals surface area contributed by atoms with E-state index in [9.17, 15) is 4.79 Å². The van der Waals surface area contributed by atoms with E-state index in [1.54, 1.807) is 0 Å². The van der Waals surface area contributed by atoms with Crippen LogP contribution in [0.15, 0.2) is 82.2 Å². The Bertz CT molecular complexity index is 786. The van der Waals surface area contributed by atoms with E-state index < -0.39 is 6.10 Å². The summed E-state index contributed by atoms with van der Waals surface area (Å²) in [6.45, 7) is -0.0696. The predicted molar refractivity (Wildman–Crippen MR) is 91.1 cm³/mol. The van der Waals surface area contributed by atoms with Gasteiger partial charge in [-0.05, 0) is 11.1 Å². The topological polar surface area (TPSA) is 59.7 Å². The van der Waals surface area contributed by atoms with Crippen LogP contribution < -0.4 is 10.2 Å². The average Bonchev–Trinajstić information content (AvgIpc) is 2.63. The minimum atomic E-state index is -0.404. The zero-order chi connectivity index (χ0) is 16.8. The number of ether oxygens (including phenoxy) is 1. The Balaban J connectivity index is 1.95. The summed E-state index contributed by atoms with van der Waals surface area (Å²) >= 11 is 0. The van der Waals surface area contributed by atoms with E-state index in [2.05, 4.69) is 0 Å². The summed E-state index contributed by atoms with van der Waals surface area (Å²) in [7, 11) is 0. The summed E-state index contributed by atoms with van der Waals surface area (Å²) in [5, 5.41) is 8.93. The molecule has 0 saturated carbocycles. The summed E-state index contributed by atoms with van der Waals surface area (Å²) in [6.07, 6.45) is 1.21. The molecule has 1 N–H and O–H groups in total. The molecule has 122 valence electrons. The molecule has 0 fully saturated rings. The van der Waals surface area contributed by atoms with Gasteiger partial charge in [-0.25, -0.2) is 0 Å². The predicted octanol–water partition coefficient (Wildman–Crippen LogP) is 3.34. The van der Waals surface area contributed by atoms with Crippen molar-refractivity contribution in [2.75, 3.05) is 6.61 Å². The second kappa shape index (κ2) is 7.62. The zero-order valence-electron chi connectivity index (χ0n) is 13.1. The van der Waals surface area contributed by atoms with Crippen LogP contribution in [-0.4, -0.2) is 11.7 Å². The van der Waals surface area contributed by atoms with Gasteiger partial charge in [-0.2, -0.15) is 0 Å². The second-order valence-electron chi connectivity index (χ2n) is 5.37. The summed E-state index contributed by atoms with van der Waals surface area (Å²) < 4.78 is 11.3. The lowest BCUT2D eigenvalue weighted by molar-refractivity contribution is 0.234. The normalized spacial score (nSPS) is 10.8. The van der Waals surface area contributed by atoms with Crippen molar-refractivity contribution in [3.63, 3.8) is 0 Å². The fraction of sp³-hybridized carbons (Fsp3) is 0.150. The van der Waals surface area contributed by atoms with Gasteiger partial charge in [0.2, 0.25) is 11.2 Å². The molecular formula is C20H18O4. The third-order valence-electron chi connectivity index (χ3n) is 3.66. The molecule has 0 radical (unpaired) electrons. The highest BCUT2D eigenvalue weighted by Crippen LogP contribution is 2.27. The van der Waals surface area contributed by atoms with Gasteiger partial charge in [0.25, 0.3) is 0 Å². The van der Waals surface area contributed by atoms with Gasteiger partial charge >= 0.3 is 0 Å². The molecule has 3 aromatic rings. The first-order valence-electron chi connectivity index (χ1n) is 7.77. The second-order valence-corrected chi connectivity index (χ2v) is 5.37. The molecule has 4 nitrogen and oxygen atoms in total. The van der Waals surface area contributed by atoms with Crippen LogP contribution in [0.1, 0.15) is 23.0 Å². The first-order chi connectivity index (χ1) is 11.8. The van der Waals surface area contributed by atoms with Crippen molar-refractivity contribution < 1.29 is 14.3 Å². The fourth-order valence-corrected chi connectivity index (χ4v) is 2.48. The zero-order valence-corrected chi connectivity index (χ0v) is 13.1. The first kappa shape index (κ1) is 16.0. The van der Waals surface area contributed by atoms with Crippen LogP contribution >= 0.6 is 0 Å². The van der Waals surface area contributed by atoms with Crippen LogP contribution in [0.25, 0.3) is 0 Å². The van der Waals surface area contributed by atoms with E-state index in [1.807, 2.05) is 60.7 Å². The molecule has 0 atom stereocenters. The Labute approximate surface area is 140 Å². The van der Waals surface area contributed by atoms with Crippen molar-refractivity contribution in [1.29, 1.82) is 0 Å². The van der Waals surface area contributed by atoms with Crippen LogP contribution in [0.4, 0.5) is 0 Å². The van der Waals surface area contributed by atoms with Crippen molar-refractivity contribution in [2.45, 2.75) is 12.5 Å². The van der Waals surface area contributed by atoms with Crippen molar-refractivity contribution in [3.8, 4) is 5.75 Å². The lowest BCUT2D eigenvalue weighted by atomic mass is 10.0. The molecule has 1 heterocycles. The third-order valence-corrected chi connectivity index (χ3v) is 3.66. The van der Waals surface area contributed by atoms with Gasteiger partial charge in [-0.3, -0.25) is 4.79 Å². The molecule has 1 aromatic heterocycles. The first-order valence-corrected chi connectivity index (χ1v) is 7.77. The minimum Gasteiger partial charge on any atom is -0.474 e. The van der Waals surface area contributed by atoms with Gasteiger partial charge in [-0.1, -0.05) is 60.7 Å². The quantitative estimate of drug-likeness (QED) is 0.756. The highest BCUT2D eigenvalue weighted by atomic mass is 16.5. The number of aliphatic hydroxyl groups is 1. The molecular weight excluding hydrogens is 304 g/mol. The number of hydrogen-bond acceptors (Lipinski definition) is 4. The fourth-order valence-electron chi connectivity index (χ4n) is 2.48. The van der Waals surface area contributed by atoms with Crippen LogP contribution in [0.2, 0.25) is 0 Å². The summed E-state index contributed by atoms with van der Waals surface area (Å²) in [4.78, 5) is 12.2. The Kier molecular flexibility index (Phi) is 5.08. The van der Waals surface area contributed by atoms with Gasteiger partial charge in [-0.15, -0.1) is 0 Å². The van der Waals surface area contributed by atoms with Crippen LogP contribution in [-0.2, 0) is 6.42 Å². The monoisotopic (exact) mass is 322 g/mol. The Morgan fingerprint density at radius 2 is 1.54 bits per heavy atom. The average molecular weight is 322 g/mol. The lowest BCUT2D eigenvalue weighted by Crippen LogP contribution is -2.15. The number of benzene rings is 2. The van der Waals surface area contributed by atoms with Crippen molar-refractivity contribution in [2.24, 2.45) is 0 Å². The van der Waals surface area contributed by atoms with Crippen LogP contribution in [0, 0.1) is 0 Å². The van der Waals surface area contributed by atoms with Gasteiger partial charge < -0.3 is 14.3 Å². The highest BCUT2D eigenvalue weighted by molar-refractivity contribution is 5.32. The number of rotatable bonds is 6. The van der Waals surface area contributed by atoms with Gasteiger partial charge in [0.05, 0.1) is 6.61 Å². The number of aliphatic hydroxyl groups excluding tert-OH is 1. The molecule has 2 aromatic carbocycles. The third kappa shape index (κ3) is 3.73. The SMILES string of the molecule is O=c1cc(CCO)occ1OC(c1ccccc1)c1ccccc1. The van der Waals surface area contributed by atoms with Gasteiger partial charge in [0.15, 0.2) is 0 Å². The van der Waals surface area contributed by atoms with Crippen molar-refractivity contribution in [1.82, 2.24) is 0 Å². The largest absolute Gasteiger partial charge is 0.474 e. The Morgan fingerprint density at radius 3 is 2.04 bits per heavy atom. The minimum absolute atomic E-state index is 0.0696. The van der Waals surface area contributed by atoms with E-state index in [4.69, 9.17) is 14.3 Å². The molecule has 0 spiro atoms. The van der Waals surface area contributed by atoms with Gasteiger partial charge in [0, 0.05) is 12.5 Å². The van der Waals surface area contributed by atoms with E-state index in [-0.39, 0.29) is 17.8 Å². The summed E-state index contributed by atoms with van der Waals surface area (Å²) in [6, 6.07) is 20.8.